The van der Waals surface area contributed by atoms with Gasteiger partial charge < -0.3 is 5.32 Å². The Bertz CT molecular complexity index is 1000. The van der Waals surface area contributed by atoms with Gasteiger partial charge in [0.2, 0.25) is 5.91 Å². The van der Waals surface area contributed by atoms with Crippen molar-refractivity contribution in [3.8, 4) is 11.1 Å². The highest BCUT2D eigenvalue weighted by Gasteiger charge is 2.19. The minimum atomic E-state index is 0.0357. The molecule has 2 aromatic carbocycles. The Balaban J connectivity index is 1.55. The topological polar surface area (TPSA) is 74.8 Å². The van der Waals surface area contributed by atoms with E-state index in [1.54, 1.807) is 6.92 Å². The number of H-pyrrole nitrogens is 1. The zero-order valence-electron chi connectivity index (χ0n) is 15.4. The first-order valence-electron chi connectivity index (χ1n) is 9.49. The van der Waals surface area contributed by atoms with E-state index in [1.165, 1.54) is 12.8 Å². The summed E-state index contributed by atoms with van der Waals surface area (Å²) < 4.78 is 0. The second-order valence-corrected chi connectivity index (χ2v) is 7.37. The molecule has 0 spiro atoms. The smallest absolute Gasteiger partial charge is 0.225 e. The lowest BCUT2D eigenvalue weighted by atomic mass is 10.0. The Hall–Kier alpha value is -2.95. The van der Waals surface area contributed by atoms with Gasteiger partial charge in [0.05, 0.1) is 5.52 Å². The van der Waals surface area contributed by atoms with Crippen LogP contribution in [-0.2, 0) is 4.79 Å². The molecule has 0 unspecified atom stereocenters. The van der Waals surface area contributed by atoms with Crippen LogP contribution in [0, 0.1) is 5.92 Å². The van der Waals surface area contributed by atoms with Crippen molar-refractivity contribution in [3.05, 3.63) is 48.0 Å². The Morgan fingerprint density at radius 1 is 1.11 bits per heavy atom. The molecular formula is C22H23N3O2. The summed E-state index contributed by atoms with van der Waals surface area (Å²) in [5.74, 6) is 1.17. The van der Waals surface area contributed by atoms with Gasteiger partial charge in [-0.1, -0.05) is 37.1 Å². The maximum absolute atomic E-state index is 12.3. The van der Waals surface area contributed by atoms with Crippen LogP contribution in [-0.4, -0.2) is 21.9 Å². The molecule has 1 heterocycles. The molecule has 1 aliphatic carbocycles. The van der Waals surface area contributed by atoms with Crippen molar-refractivity contribution >= 4 is 28.4 Å². The molecule has 1 fully saturated rings. The van der Waals surface area contributed by atoms with Crippen molar-refractivity contribution < 1.29 is 9.59 Å². The SMILES string of the molecule is CC(=O)c1cccc(-c2ccc3c(NC(=O)CC4CCCC4)n[nH]c3c2)c1. The number of nitrogens with one attached hydrogen (secondary N) is 2. The summed E-state index contributed by atoms with van der Waals surface area (Å²) >= 11 is 0. The summed E-state index contributed by atoms with van der Waals surface area (Å²) in [6.07, 6.45) is 5.34. The zero-order valence-corrected chi connectivity index (χ0v) is 15.4. The molecule has 1 saturated carbocycles. The van der Waals surface area contributed by atoms with Crippen LogP contribution in [0.15, 0.2) is 42.5 Å². The summed E-state index contributed by atoms with van der Waals surface area (Å²) in [7, 11) is 0. The van der Waals surface area contributed by atoms with E-state index in [0.717, 1.165) is 34.9 Å². The predicted molar refractivity (Wildman–Crippen MR) is 107 cm³/mol. The number of benzene rings is 2. The minimum Gasteiger partial charge on any atom is -0.309 e. The highest BCUT2D eigenvalue weighted by molar-refractivity contribution is 6.01. The molecule has 1 aliphatic rings. The van der Waals surface area contributed by atoms with E-state index in [0.29, 0.717) is 23.7 Å². The van der Waals surface area contributed by atoms with Crippen molar-refractivity contribution in [1.29, 1.82) is 0 Å². The Labute approximate surface area is 158 Å². The fourth-order valence-corrected chi connectivity index (χ4v) is 3.87. The normalized spacial score (nSPS) is 14.6. The second-order valence-electron chi connectivity index (χ2n) is 7.37. The fraction of sp³-hybridized carbons (Fsp3) is 0.318. The summed E-state index contributed by atoms with van der Waals surface area (Å²) in [5, 5.41) is 11.1. The lowest BCUT2D eigenvalue weighted by Gasteiger charge is -2.08. The van der Waals surface area contributed by atoms with Gasteiger partial charge in [0.15, 0.2) is 11.6 Å². The molecule has 0 atom stereocenters. The number of hydrogen-bond acceptors (Lipinski definition) is 3. The monoisotopic (exact) mass is 361 g/mol. The first-order chi connectivity index (χ1) is 13.1. The van der Waals surface area contributed by atoms with Gasteiger partial charge in [0.25, 0.3) is 0 Å². The molecule has 1 amide bonds. The van der Waals surface area contributed by atoms with Crippen LogP contribution in [0.2, 0.25) is 0 Å². The van der Waals surface area contributed by atoms with Gasteiger partial charge in [-0.2, -0.15) is 5.10 Å². The Morgan fingerprint density at radius 2 is 1.89 bits per heavy atom. The molecular weight excluding hydrogens is 338 g/mol. The number of nitrogens with zero attached hydrogens (tertiary/aromatic N) is 1. The molecule has 0 radical (unpaired) electrons. The molecule has 0 bridgehead atoms. The second kappa shape index (κ2) is 7.35. The van der Waals surface area contributed by atoms with Crippen LogP contribution in [0.3, 0.4) is 0 Å². The van der Waals surface area contributed by atoms with Crippen LogP contribution in [0.25, 0.3) is 22.0 Å². The van der Waals surface area contributed by atoms with E-state index in [2.05, 4.69) is 15.5 Å². The zero-order chi connectivity index (χ0) is 18.8. The first kappa shape index (κ1) is 17.5. The molecule has 2 N–H and O–H groups in total. The molecule has 27 heavy (non-hydrogen) atoms. The molecule has 5 nitrogen and oxygen atoms in total. The van der Waals surface area contributed by atoms with Crippen LogP contribution in [0.1, 0.15) is 49.4 Å². The summed E-state index contributed by atoms with van der Waals surface area (Å²) in [4.78, 5) is 23.9. The highest BCUT2D eigenvalue weighted by Crippen LogP contribution is 2.30. The summed E-state index contributed by atoms with van der Waals surface area (Å²) in [5.41, 5.74) is 3.53. The van der Waals surface area contributed by atoms with E-state index in [1.807, 2.05) is 42.5 Å². The van der Waals surface area contributed by atoms with Gasteiger partial charge in [-0.15, -0.1) is 0 Å². The number of carbonyl (C=O) groups is 2. The van der Waals surface area contributed by atoms with E-state index in [4.69, 9.17) is 0 Å². The number of fused-ring (bicyclic) bond motifs is 1. The average molecular weight is 361 g/mol. The summed E-state index contributed by atoms with van der Waals surface area (Å²) in [6.45, 7) is 1.57. The minimum absolute atomic E-state index is 0.0357. The number of aromatic nitrogens is 2. The van der Waals surface area contributed by atoms with E-state index in [-0.39, 0.29) is 11.7 Å². The molecule has 138 valence electrons. The average Bonchev–Trinajstić information content (AvgIpc) is 3.31. The molecule has 3 aromatic rings. The number of ketones is 1. The van der Waals surface area contributed by atoms with Crippen LogP contribution in [0.4, 0.5) is 5.82 Å². The predicted octanol–water partition coefficient (Wildman–Crippen LogP) is 4.95. The van der Waals surface area contributed by atoms with E-state index >= 15 is 0 Å². The standard InChI is InChI=1S/C22H23N3O2/c1-14(26)16-7-4-8-17(12-16)18-9-10-19-20(13-18)24-25-22(19)23-21(27)11-15-5-2-3-6-15/h4,7-10,12-13,15H,2-3,5-6,11H2,1H3,(H2,23,24,25,27). The molecule has 1 aromatic heterocycles. The molecule has 5 heteroatoms. The quantitative estimate of drug-likeness (QED) is 0.631. The number of anilines is 1. The number of Topliss-reactive ketones (excluding diaryl/α,β-unsaturated/α-hetero) is 1. The van der Waals surface area contributed by atoms with Crippen molar-refractivity contribution in [2.24, 2.45) is 5.92 Å². The van der Waals surface area contributed by atoms with Gasteiger partial charge in [-0.05, 0) is 55.0 Å². The van der Waals surface area contributed by atoms with Gasteiger partial charge in [0.1, 0.15) is 0 Å². The van der Waals surface area contributed by atoms with Crippen LogP contribution < -0.4 is 5.32 Å². The molecule has 4 rings (SSSR count). The van der Waals surface area contributed by atoms with Gasteiger partial charge in [-0.3, -0.25) is 14.7 Å². The third kappa shape index (κ3) is 3.77. The number of rotatable bonds is 5. The number of carbonyl (C=O) groups excluding carboxylic acids is 2. The highest BCUT2D eigenvalue weighted by atomic mass is 16.1. The lowest BCUT2D eigenvalue weighted by molar-refractivity contribution is -0.117. The van der Waals surface area contributed by atoms with Gasteiger partial charge in [-0.25, -0.2) is 0 Å². The van der Waals surface area contributed by atoms with Crippen LogP contribution >= 0.6 is 0 Å². The largest absolute Gasteiger partial charge is 0.309 e. The maximum Gasteiger partial charge on any atom is 0.225 e. The van der Waals surface area contributed by atoms with Crippen molar-refractivity contribution in [2.45, 2.75) is 39.0 Å². The van der Waals surface area contributed by atoms with E-state index in [9.17, 15) is 9.59 Å². The van der Waals surface area contributed by atoms with Crippen molar-refractivity contribution in [3.63, 3.8) is 0 Å². The molecule has 0 saturated heterocycles. The Morgan fingerprint density at radius 3 is 2.67 bits per heavy atom. The fourth-order valence-electron chi connectivity index (χ4n) is 3.87. The molecule has 0 aliphatic heterocycles. The van der Waals surface area contributed by atoms with Gasteiger partial charge in [0, 0.05) is 17.4 Å². The summed E-state index contributed by atoms with van der Waals surface area (Å²) in [6, 6.07) is 13.5. The maximum atomic E-state index is 12.3. The third-order valence-corrected chi connectivity index (χ3v) is 5.37. The van der Waals surface area contributed by atoms with Crippen molar-refractivity contribution in [2.75, 3.05) is 5.32 Å². The van der Waals surface area contributed by atoms with Crippen LogP contribution in [0.5, 0.6) is 0 Å². The lowest BCUT2D eigenvalue weighted by Crippen LogP contribution is -2.15. The number of aromatic amines is 1. The third-order valence-electron chi connectivity index (χ3n) is 5.37. The number of hydrogen-bond donors (Lipinski definition) is 2. The first-order valence-corrected chi connectivity index (χ1v) is 9.49. The number of amides is 1. The van der Waals surface area contributed by atoms with Crippen molar-refractivity contribution in [1.82, 2.24) is 10.2 Å². The van der Waals surface area contributed by atoms with Gasteiger partial charge >= 0.3 is 0 Å². The van der Waals surface area contributed by atoms with E-state index < -0.39 is 0 Å². The Kier molecular flexibility index (Phi) is 4.75.